The molecule has 130 valence electrons. The van der Waals surface area contributed by atoms with E-state index >= 15 is 0 Å². The van der Waals surface area contributed by atoms with Gasteiger partial charge >= 0.3 is 6.03 Å². The second-order valence-electron chi connectivity index (χ2n) is 5.64. The number of carbonyl (C=O) groups excluding carboxylic acids is 2. The fourth-order valence-corrected chi connectivity index (χ4v) is 4.42. The Morgan fingerprint density at radius 2 is 2.04 bits per heavy atom. The molecule has 0 fully saturated rings. The SMILES string of the molecule is Cc1sc2nc(SCCC(=O)NC(N)=O)n(C(C)C)c(=O)c2c1C. The smallest absolute Gasteiger partial charge is 0.318 e. The fraction of sp³-hybridized carbons (Fsp3) is 0.467. The predicted octanol–water partition coefficient (Wildman–Crippen LogP) is 2.33. The molecule has 0 saturated carbocycles. The first-order valence-corrected chi connectivity index (χ1v) is 9.27. The lowest BCUT2D eigenvalue weighted by Crippen LogP contribution is -2.35. The molecule has 7 nitrogen and oxygen atoms in total. The predicted molar refractivity (Wildman–Crippen MR) is 96.8 cm³/mol. The second kappa shape index (κ2) is 7.35. The maximum atomic E-state index is 12.8. The lowest BCUT2D eigenvalue weighted by atomic mass is 10.2. The standard InChI is InChI=1S/C15H20N4O3S2/c1-7(2)19-13(21)11-8(3)9(4)24-12(11)18-15(19)23-6-5-10(20)17-14(16)22/h7H,5-6H2,1-4H3,(H3,16,17,20,22). The van der Waals surface area contributed by atoms with Gasteiger partial charge in [-0.05, 0) is 33.3 Å². The van der Waals surface area contributed by atoms with Crippen molar-refractivity contribution < 1.29 is 9.59 Å². The monoisotopic (exact) mass is 368 g/mol. The molecule has 0 aliphatic carbocycles. The Hall–Kier alpha value is -1.87. The third-order valence-corrected chi connectivity index (χ3v) is 5.60. The summed E-state index contributed by atoms with van der Waals surface area (Å²) >= 11 is 2.82. The van der Waals surface area contributed by atoms with Crippen LogP contribution in [0.1, 0.15) is 36.8 Å². The molecule has 0 bridgehead atoms. The molecule has 0 aliphatic rings. The van der Waals surface area contributed by atoms with Crippen LogP contribution in [0.15, 0.2) is 9.95 Å². The largest absolute Gasteiger partial charge is 0.351 e. The number of rotatable bonds is 5. The molecule has 0 unspecified atom stereocenters. The summed E-state index contributed by atoms with van der Waals surface area (Å²) in [5, 5.41) is 3.27. The van der Waals surface area contributed by atoms with Crippen LogP contribution >= 0.6 is 23.1 Å². The average Bonchev–Trinajstić information content (AvgIpc) is 2.72. The van der Waals surface area contributed by atoms with Crippen molar-refractivity contribution in [1.82, 2.24) is 14.9 Å². The summed E-state index contributed by atoms with van der Waals surface area (Å²) in [7, 11) is 0. The third kappa shape index (κ3) is 3.78. The van der Waals surface area contributed by atoms with Gasteiger partial charge in [0, 0.05) is 23.1 Å². The van der Waals surface area contributed by atoms with Gasteiger partial charge < -0.3 is 5.73 Å². The number of primary amides is 1. The van der Waals surface area contributed by atoms with Gasteiger partial charge in [0.2, 0.25) is 5.91 Å². The summed E-state index contributed by atoms with van der Waals surface area (Å²) in [6, 6.07) is -0.913. The molecule has 0 spiro atoms. The first kappa shape index (κ1) is 18.5. The highest BCUT2D eigenvalue weighted by atomic mass is 32.2. The molecule has 0 radical (unpaired) electrons. The van der Waals surface area contributed by atoms with Crippen molar-refractivity contribution in [3.63, 3.8) is 0 Å². The van der Waals surface area contributed by atoms with Gasteiger partial charge in [0.1, 0.15) is 4.83 Å². The Balaban J connectivity index is 2.32. The lowest BCUT2D eigenvalue weighted by Gasteiger charge is -2.15. The van der Waals surface area contributed by atoms with Gasteiger partial charge in [0.15, 0.2) is 5.16 Å². The number of aromatic nitrogens is 2. The van der Waals surface area contributed by atoms with Gasteiger partial charge in [0.05, 0.1) is 5.39 Å². The van der Waals surface area contributed by atoms with Crippen LogP contribution < -0.4 is 16.6 Å². The minimum atomic E-state index is -0.867. The number of carbonyl (C=O) groups is 2. The molecule has 3 N–H and O–H groups in total. The molecule has 9 heteroatoms. The Kier molecular flexibility index (Phi) is 5.66. The zero-order valence-corrected chi connectivity index (χ0v) is 15.6. The highest BCUT2D eigenvalue weighted by Crippen LogP contribution is 2.29. The molecule has 2 heterocycles. The fourth-order valence-electron chi connectivity index (χ4n) is 2.28. The van der Waals surface area contributed by atoms with E-state index in [0.29, 0.717) is 16.3 Å². The maximum absolute atomic E-state index is 12.8. The molecule has 2 rings (SSSR count). The minimum absolute atomic E-state index is 0.0454. The number of hydrogen-bond acceptors (Lipinski definition) is 6. The van der Waals surface area contributed by atoms with Crippen LogP contribution in [0.5, 0.6) is 0 Å². The number of amides is 3. The second-order valence-corrected chi connectivity index (χ2v) is 7.90. The van der Waals surface area contributed by atoms with E-state index in [-0.39, 0.29) is 18.0 Å². The van der Waals surface area contributed by atoms with E-state index in [1.807, 2.05) is 33.0 Å². The van der Waals surface area contributed by atoms with Crippen LogP contribution in [0.4, 0.5) is 4.79 Å². The van der Waals surface area contributed by atoms with Crippen LogP contribution in [0.3, 0.4) is 0 Å². The first-order chi connectivity index (χ1) is 11.2. The third-order valence-electron chi connectivity index (χ3n) is 3.54. The van der Waals surface area contributed by atoms with Crippen molar-refractivity contribution in [3.8, 4) is 0 Å². The molecular weight excluding hydrogens is 348 g/mol. The number of thiophene rings is 1. The number of nitrogens with one attached hydrogen (secondary N) is 1. The quantitative estimate of drug-likeness (QED) is 0.622. The van der Waals surface area contributed by atoms with Gasteiger partial charge in [-0.15, -0.1) is 11.3 Å². The maximum Gasteiger partial charge on any atom is 0.318 e. The molecule has 2 aromatic rings. The number of fused-ring (bicyclic) bond motifs is 1. The van der Waals surface area contributed by atoms with E-state index in [1.54, 1.807) is 4.57 Å². The summed E-state index contributed by atoms with van der Waals surface area (Å²) < 4.78 is 1.65. The van der Waals surface area contributed by atoms with Crippen molar-refractivity contribution in [1.29, 1.82) is 0 Å². The summed E-state index contributed by atoms with van der Waals surface area (Å²) in [6.45, 7) is 7.76. The van der Waals surface area contributed by atoms with Crippen LogP contribution in [-0.2, 0) is 4.79 Å². The molecule has 0 atom stereocenters. The van der Waals surface area contributed by atoms with Crippen LogP contribution in [0.25, 0.3) is 10.2 Å². The summed E-state index contributed by atoms with van der Waals surface area (Å²) in [5.41, 5.74) is 5.82. The molecule has 3 amide bonds. The first-order valence-electron chi connectivity index (χ1n) is 7.46. The molecule has 0 aromatic carbocycles. The van der Waals surface area contributed by atoms with Crippen molar-refractivity contribution in [3.05, 3.63) is 20.8 Å². The van der Waals surface area contributed by atoms with Gasteiger partial charge in [-0.1, -0.05) is 11.8 Å². The van der Waals surface area contributed by atoms with E-state index in [4.69, 9.17) is 5.73 Å². The number of thioether (sulfide) groups is 1. The van der Waals surface area contributed by atoms with Crippen molar-refractivity contribution in [2.75, 3.05) is 5.75 Å². The highest BCUT2D eigenvalue weighted by Gasteiger charge is 2.18. The topological polar surface area (TPSA) is 107 Å². The minimum Gasteiger partial charge on any atom is -0.351 e. The average molecular weight is 368 g/mol. The Labute approximate surface area is 147 Å². The van der Waals surface area contributed by atoms with Crippen LogP contribution in [0.2, 0.25) is 0 Å². The number of hydrogen-bond donors (Lipinski definition) is 2. The van der Waals surface area contributed by atoms with E-state index in [9.17, 15) is 14.4 Å². The van der Waals surface area contributed by atoms with Gasteiger partial charge in [-0.2, -0.15) is 0 Å². The van der Waals surface area contributed by atoms with Gasteiger partial charge in [-0.25, -0.2) is 9.78 Å². The van der Waals surface area contributed by atoms with Gasteiger partial charge in [-0.3, -0.25) is 19.5 Å². The Bertz CT molecular complexity index is 855. The van der Waals surface area contributed by atoms with Crippen molar-refractivity contribution >= 4 is 45.3 Å². The molecule has 24 heavy (non-hydrogen) atoms. The van der Waals surface area contributed by atoms with Crippen molar-refractivity contribution in [2.45, 2.75) is 45.3 Å². The lowest BCUT2D eigenvalue weighted by molar-refractivity contribution is -0.119. The molecule has 0 saturated heterocycles. The molecule has 2 aromatic heterocycles. The Morgan fingerprint density at radius 3 is 2.62 bits per heavy atom. The summed E-state index contributed by atoms with van der Waals surface area (Å²) in [4.78, 5) is 41.4. The van der Waals surface area contributed by atoms with Crippen molar-refractivity contribution in [2.24, 2.45) is 5.73 Å². The van der Waals surface area contributed by atoms with E-state index in [2.05, 4.69) is 4.98 Å². The zero-order chi connectivity index (χ0) is 18.0. The molecule has 0 aliphatic heterocycles. The number of urea groups is 1. The number of aryl methyl sites for hydroxylation is 2. The number of imide groups is 1. The van der Waals surface area contributed by atoms with E-state index in [0.717, 1.165) is 15.3 Å². The van der Waals surface area contributed by atoms with E-state index < -0.39 is 11.9 Å². The van der Waals surface area contributed by atoms with E-state index in [1.165, 1.54) is 23.1 Å². The van der Waals surface area contributed by atoms with Crippen LogP contribution in [-0.4, -0.2) is 27.2 Å². The highest BCUT2D eigenvalue weighted by molar-refractivity contribution is 7.99. The van der Waals surface area contributed by atoms with Crippen LogP contribution in [0, 0.1) is 13.8 Å². The molecular formula is C15H20N4O3S2. The number of nitrogens with zero attached hydrogens (tertiary/aromatic N) is 2. The normalized spacial score (nSPS) is 11.2. The zero-order valence-electron chi connectivity index (χ0n) is 14.0. The number of nitrogens with two attached hydrogens (primary N) is 1. The summed E-state index contributed by atoms with van der Waals surface area (Å²) in [6.07, 6.45) is 0.113. The Morgan fingerprint density at radius 1 is 1.38 bits per heavy atom. The van der Waals surface area contributed by atoms with Gasteiger partial charge in [0.25, 0.3) is 5.56 Å². The summed E-state index contributed by atoms with van der Waals surface area (Å²) in [5.74, 6) is -0.0510.